The van der Waals surface area contributed by atoms with E-state index in [1.165, 1.54) is 7.11 Å². The number of hydrogen-bond donors (Lipinski definition) is 1. The molecule has 1 atom stereocenters. The SMILES string of the molecule is COC(OC(=O)CC(C)=N)c1ccccc1. The third-order valence-electron chi connectivity index (χ3n) is 1.93. The second-order valence-corrected chi connectivity index (χ2v) is 3.43. The highest BCUT2D eigenvalue weighted by Gasteiger charge is 2.15. The molecule has 1 unspecified atom stereocenters. The number of nitrogens with one attached hydrogen (secondary N) is 1. The first-order valence-corrected chi connectivity index (χ1v) is 4.94. The van der Waals surface area contributed by atoms with Crippen LogP contribution in [0, 0.1) is 5.41 Å². The van der Waals surface area contributed by atoms with Gasteiger partial charge in [0.2, 0.25) is 6.29 Å². The maximum Gasteiger partial charge on any atom is 0.314 e. The molecule has 0 radical (unpaired) electrons. The van der Waals surface area contributed by atoms with E-state index >= 15 is 0 Å². The highest BCUT2D eigenvalue weighted by molar-refractivity contribution is 5.95. The van der Waals surface area contributed by atoms with Crippen molar-refractivity contribution in [3.05, 3.63) is 35.9 Å². The van der Waals surface area contributed by atoms with Crippen molar-refractivity contribution in [3.63, 3.8) is 0 Å². The summed E-state index contributed by atoms with van der Waals surface area (Å²) < 4.78 is 10.2. The predicted octanol–water partition coefficient (Wildman–Crippen LogP) is 2.30. The average Bonchev–Trinajstić information content (AvgIpc) is 2.26. The van der Waals surface area contributed by atoms with Crippen LogP contribution in [0.2, 0.25) is 0 Å². The summed E-state index contributed by atoms with van der Waals surface area (Å²) in [6.07, 6.45) is -0.708. The Hall–Kier alpha value is -1.68. The molecule has 0 spiro atoms. The van der Waals surface area contributed by atoms with Gasteiger partial charge < -0.3 is 14.9 Å². The second-order valence-electron chi connectivity index (χ2n) is 3.43. The van der Waals surface area contributed by atoms with Crippen molar-refractivity contribution in [1.29, 1.82) is 5.41 Å². The normalized spacial score (nSPS) is 11.9. The largest absolute Gasteiger partial charge is 0.431 e. The zero-order chi connectivity index (χ0) is 12.0. The molecule has 1 rings (SSSR count). The Balaban J connectivity index is 2.63. The zero-order valence-corrected chi connectivity index (χ0v) is 9.40. The van der Waals surface area contributed by atoms with E-state index in [4.69, 9.17) is 14.9 Å². The summed E-state index contributed by atoms with van der Waals surface area (Å²) in [4.78, 5) is 11.4. The molecule has 0 aliphatic rings. The standard InChI is InChI=1S/C12H15NO3/c1-9(13)8-11(14)16-12(15-2)10-6-4-3-5-7-10/h3-7,12-13H,8H2,1-2H3. The molecule has 4 nitrogen and oxygen atoms in total. The van der Waals surface area contributed by atoms with E-state index in [2.05, 4.69) is 0 Å². The van der Waals surface area contributed by atoms with Crippen molar-refractivity contribution in [1.82, 2.24) is 0 Å². The number of carbonyl (C=O) groups excluding carboxylic acids is 1. The fourth-order valence-electron chi connectivity index (χ4n) is 1.24. The van der Waals surface area contributed by atoms with Crippen LogP contribution in [-0.4, -0.2) is 18.8 Å². The Morgan fingerprint density at radius 1 is 1.38 bits per heavy atom. The summed E-state index contributed by atoms with van der Waals surface area (Å²) in [6, 6.07) is 9.20. The average molecular weight is 221 g/mol. The first-order chi connectivity index (χ1) is 7.63. The highest BCUT2D eigenvalue weighted by atomic mass is 16.7. The van der Waals surface area contributed by atoms with E-state index in [0.29, 0.717) is 0 Å². The van der Waals surface area contributed by atoms with Crippen molar-refractivity contribution >= 4 is 11.7 Å². The lowest BCUT2D eigenvalue weighted by molar-refractivity contribution is -0.173. The number of hydrogen-bond acceptors (Lipinski definition) is 4. The van der Waals surface area contributed by atoms with Gasteiger partial charge in [0.05, 0.1) is 6.42 Å². The van der Waals surface area contributed by atoms with Crippen molar-refractivity contribution in [3.8, 4) is 0 Å². The van der Waals surface area contributed by atoms with E-state index in [1.54, 1.807) is 6.92 Å². The maximum absolute atomic E-state index is 11.4. The number of carbonyl (C=O) groups is 1. The monoisotopic (exact) mass is 221 g/mol. The molecule has 0 fully saturated rings. The van der Waals surface area contributed by atoms with Gasteiger partial charge in [-0.25, -0.2) is 0 Å². The van der Waals surface area contributed by atoms with E-state index in [0.717, 1.165) is 5.56 Å². The molecule has 0 bridgehead atoms. The Morgan fingerprint density at radius 2 is 2.00 bits per heavy atom. The molecule has 16 heavy (non-hydrogen) atoms. The van der Waals surface area contributed by atoms with Gasteiger partial charge in [-0.2, -0.15) is 0 Å². The predicted molar refractivity (Wildman–Crippen MR) is 60.3 cm³/mol. The Kier molecular flexibility index (Phi) is 4.66. The molecule has 86 valence electrons. The fraction of sp³-hybridized carbons (Fsp3) is 0.333. The molecular weight excluding hydrogens is 206 g/mol. The van der Waals surface area contributed by atoms with Gasteiger partial charge in [-0.15, -0.1) is 0 Å². The lowest BCUT2D eigenvalue weighted by atomic mass is 10.2. The van der Waals surface area contributed by atoms with Crippen molar-refractivity contribution in [2.45, 2.75) is 19.6 Å². The van der Waals surface area contributed by atoms with Crippen LogP contribution in [0.4, 0.5) is 0 Å². The minimum atomic E-state index is -0.701. The Bertz CT molecular complexity index is 362. The summed E-state index contributed by atoms with van der Waals surface area (Å²) in [7, 11) is 1.47. The first kappa shape index (κ1) is 12.4. The lowest BCUT2D eigenvalue weighted by Crippen LogP contribution is -2.14. The maximum atomic E-state index is 11.4. The van der Waals surface area contributed by atoms with Gasteiger partial charge in [0, 0.05) is 18.4 Å². The minimum absolute atomic E-state index is 0.00725. The summed E-state index contributed by atoms with van der Waals surface area (Å²) in [5.41, 5.74) is 1.05. The van der Waals surface area contributed by atoms with Crippen LogP contribution in [-0.2, 0) is 14.3 Å². The molecule has 1 N–H and O–H groups in total. The second kappa shape index (κ2) is 6.02. The van der Waals surface area contributed by atoms with E-state index in [1.807, 2.05) is 30.3 Å². The van der Waals surface area contributed by atoms with Gasteiger partial charge in [-0.05, 0) is 6.92 Å². The molecule has 1 aromatic rings. The van der Waals surface area contributed by atoms with Crippen molar-refractivity contribution in [2.75, 3.05) is 7.11 Å². The topological polar surface area (TPSA) is 59.4 Å². The first-order valence-electron chi connectivity index (χ1n) is 4.94. The van der Waals surface area contributed by atoms with Crippen LogP contribution >= 0.6 is 0 Å². The van der Waals surface area contributed by atoms with Crippen molar-refractivity contribution < 1.29 is 14.3 Å². The van der Waals surface area contributed by atoms with Gasteiger partial charge >= 0.3 is 5.97 Å². The number of benzene rings is 1. The molecule has 1 aromatic carbocycles. The number of esters is 1. The molecule has 0 aliphatic heterocycles. The van der Waals surface area contributed by atoms with Gasteiger partial charge in [0.25, 0.3) is 0 Å². The van der Waals surface area contributed by atoms with Gasteiger partial charge in [0.1, 0.15) is 0 Å². The lowest BCUT2D eigenvalue weighted by Gasteiger charge is -2.16. The molecule has 0 aromatic heterocycles. The smallest absolute Gasteiger partial charge is 0.314 e. The summed E-state index contributed by atoms with van der Waals surface area (Å²) in [6.45, 7) is 1.56. The van der Waals surface area contributed by atoms with Crippen LogP contribution in [0.25, 0.3) is 0 Å². The van der Waals surface area contributed by atoms with Crippen LogP contribution < -0.4 is 0 Å². The van der Waals surface area contributed by atoms with E-state index in [9.17, 15) is 4.79 Å². The fourth-order valence-corrected chi connectivity index (χ4v) is 1.24. The van der Waals surface area contributed by atoms with Gasteiger partial charge in [0.15, 0.2) is 0 Å². The summed E-state index contributed by atoms with van der Waals surface area (Å²) in [5, 5.41) is 7.19. The number of ether oxygens (including phenoxy) is 2. The van der Waals surface area contributed by atoms with Crippen LogP contribution in [0.3, 0.4) is 0 Å². The van der Waals surface area contributed by atoms with Crippen LogP contribution in [0.15, 0.2) is 30.3 Å². The van der Waals surface area contributed by atoms with E-state index in [-0.39, 0.29) is 12.1 Å². The van der Waals surface area contributed by atoms with Gasteiger partial charge in [-0.1, -0.05) is 30.3 Å². The molecule has 0 saturated carbocycles. The van der Waals surface area contributed by atoms with E-state index < -0.39 is 12.3 Å². The summed E-state index contributed by atoms with van der Waals surface area (Å²) in [5.74, 6) is -0.455. The van der Waals surface area contributed by atoms with Crippen LogP contribution in [0.5, 0.6) is 0 Å². The number of rotatable bonds is 5. The molecular formula is C12H15NO3. The molecule has 0 amide bonds. The zero-order valence-electron chi connectivity index (χ0n) is 9.40. The minimum Gasteiger partial charge on any atom is -0.431 e. The van der Waals surface area contributed by atoms with Gasteiger partial charge in [-0.3, -0.25) is 4.79 Å². The molecule has 0 heterocycles. The Labute approximate surface area is 94.7 Å². The highest BCUT2D eigenvalue weighted by Crippen LogP contribution is 2.18. The number of methoxy groups -OCH3 is 1. The quantitative estimate of drug-likeness (QED) is 0.471. The van der Waals surface area contributed by atoms with Crippen LogP contribution in [0.1, 0.15) is 25.2 Å². The van der Waals surface area contributed by atoms with Crippen molar-refractivity contribution in [2.24, 2.45) is 0 Å². The molecule has 0 aliphatic carbocycles. The third-order valence-corrected chi connectivity index (χ3v) is 1.93. The summed E-state index contributed by atoms with van der Waals surface area (Å²) >= 11 is 0. The Morgan fingerprint density at radius 3 is 2.50 bits per heavy atom. The third kappa shape index (κ3) is 3.82. The molecule has 0 saturated heterocycles. The molecule has 4 heteroatoms.